The predicted molar refractivity (Wildman–Crippen MR) is 54.8 cm³/mol. The molecule has 0 aliphatic heterocycles. The van der Waals surface area contributed by atoms with Crippen LogP contribution in [0.1, 0.15) is 5.56 Å². The van der Waals surface area contributed by atoms with Gasteiger partial charge < -0.3 is 14.2 Å². The number of benzene rings is 1. The van der Waals surface area contributed by atoms with Gasteiger partial charge in [-0.05, 0) is 6.07 Å². The van der Waals surface area contributed by atoms with E-state index in [4.69, 9.17) is 19.5 Å². The lowest BCUT2D eigenvalue weighted by Crippen LogP contribution is -2.00. The first-order valence-corrected chi connectivity index (χ1v) is 4.47. The van der Waals surface area contributed by atoms with Crippen molar-refractivity contribution in [3.8, 4) is 17.6 Å². The molecule has 0 saturated heterocycles. The van der Waals surface area contributed by atoms with E-state index in [0.717, 1.165) is 5.56 Å². The monoisotopic (exact) mass is 207 g/mol. The van der Waals surface area contributed by atoms with Gasteiger partial charge in [-0.15, -0.1) is 0 Å². The molecule has 15 heavy (non-hydrogen) atoms. The van der Waals surface area contributed by atoms with Crippen LogP contribution in [0.4, 0.5) is 0 Å². The Bertz CT molecular complexity index is 357. The van der Waals surface area contributed by atoms with Crippen LogP contribution in [-0.2, 0) is 11.2 Å². The molecule has 0 N–H and O–H groups in total. The fraction of sp³-hybridized carbons (Fsp3) is 0.364. The highest BCUT2D eigenvalue weighted by molar-refractivity contribution is 5.41. The minimum Gasteiger partial charge on any atom is -0.496 e. The van der Waals surface area contributed by atoms with Crippen molar-refractivity contribution >= 4 is 0 Å². The van der Waals surface area contributed by atoms with Crippen LogP contribution in [0.5, 0.6) is 11.5 Å². The van der Waals surface area contributed by atoms with Gasteiger partial charge >= 0.3 is 0 Å². The number of ether oxygens (including phenoxy) is 3. The van der Waals surface area contributed by atoms with Gasteiger partial charge in [0.05, 0.1) is 19.6 Å². The molecule has 0 aliphatic rings. The maximum atomic E-state index is 8.59. The summed E-state index contributed by atoms with van der Waals surface area (Å²) in [6.07, 6.45) is 0.327. The van der Waals surface area contributed by atoms with Crippen molar-refractivity contribution in [2.45, 2.75) is 6.42 Å². The second-order valence-corrected chi connectivity index (χ2v) is 2.86. The average molecular weight is 207 g/mol. The van der Waals surface area contributed by atoms with E-state index in [1.807, 2.05) is 6.07 Å². The van der Waals surface area contributed by atoms with E-state index in [9.17, 15) is 0 Å². The molecular formula is C11H13NO3. The summed E-state index contributed by atoms with van der Waals surface area (Å²) >= 11 is 0. The minimum atomic E-state index is 0.195. The molecule has 0 amide bonds. The molecule has 1 aromatic rings. The van der Waals surface area contributed by atoms with E-state index in [-0.39, 0.29) is 6.79 Å². The van der Waals surface area contributed by atoms with Gasteiger partial charge in [0.25, 0.3) is 0 Å². The lowest BCUT2D eigenvalue weighted by Gasteiger charge is -2.09. The summed E-state index contributed by atoms with van der Waals surface area (Å²) in [5.74, 6) is 1.32. The van der Waals surface area contributed by atoms with Crippen LogP contribution in [-0.4, -0.2) is 21.0 Å². The van der Waals surface area contributed by atoms with Gasteiger partial charge in [0.2, 0.25) is 0 Å². The summed E-state index contributed by atoms with van der Waals surface area (Å²) in [4.78, 5) is 0. The van der Waals surface area contributed by atoms with Crippen molar-refractivity contribution < 1.29 is 14.2 Å². The average Bonchev–Trinajstić information content (AvgIpc) is 2.28. The normalized spacial score (nSPS) is 9.40. The maximum absolute atomic E-state index is 8.59. The second kappa shape index (κ2) is 5.89. The molecule has 1 rings (SSSR count). The van der Waals surface area contributed by atoms with Crippen LogP contribution >= 0.6 is 0 Å². The first-order valence-electron chi connectivity index (χ1n) is 4.47. The van der Waals surface area contributed by atoms with Gasteiger partial charge in [0, 0.05) is 18.7 Å². The lowest BCUT2D eigenvalue weighted by molar-refractivity contribution is 0.0509. The Morgan fingerprint density at radius 2 is 2.13 bits per heavy atom. The molecule has 4 heteroatoms. The third kappa shape index (κ3) is 3.15. The molecule has 0 aliphatic carbocycles. The molecule has 0 unspecified atom stereocenters. The Kier molecular flexibility index (Phi) is 4.45. The Hall–Kier alpha value is -1.73. The number of rotatable bonds is 5. The van der Waals surface area contributed by atoms with E-state index >= 15 is 0 Å². The Labute approximate surface area is 89.0 Å². The molecule has 4 nitrogen and oxygen atoms in total. The van der Waals surface area contributed by atoms with Crippen LogP contribution in [0, 0.1) is 11.3 Å². The summed E-state index contributed by atoms with van der Waals surface area (Å²) in [6.45, 7) is 0.195. The van der Waals surface area contributed by atoms with Crippen molar-refractivity contribution in [1.29, 1.82) is 5.26 Å². The first-order chi connectivity index (χ1) is 7.31. The molecule has 0 fully saturated rings. The molecule has 1 aromatic carbocycles. The van der Waals surface area contributed by atoms with Gasteiger partial charge in [-0.3, -0.25) is 0 Å². The summed E-state index contributed by atoms with van der Waals surface area (Å²) in [7, 11) is 3.12. The van der Waals surface area contributed by atoms with Crippen molar-refractivity contribution in [1.82, 2.24) is 0 Å². The molecule has 0 atom stereocenters. The molecular weight excluding hydrogens is 194 g/mol. The van der Waals surface area contributed by atoms with Crippen LogP contribution < -0.4 is 9.47 Å². The van der Waals surface area contributed by atoms with Crippen molar-refractivity contribution in [3.63, 3.8) is 0 Å². The van der Waals surface area contributed by atoms with Crippen molar-refractivity contribution in [2.24, 2.45) is 0 Å². The van der Waals surface area contributed by atoms with Crippen molar-refractivity contribution in [3.05, 3.63) is 23.8 Å². The molecule has 0 aromatic heterocycles. The number of methoxy groups -OCH3 is 2. The number of hydrogen-bond donors (Lipinski definition) is 0. The molecule has 0 bridgehead atoms. The number of hydrogen-bond acceptors (Lipinski definition) is 4. The molecule has 0 heterocycles. The van der Waals surface area contributed by atoms with Crippen LogP contribution in [0.15, 0.2) is 18.2 Å². The summed E-state index contributed by atoms with van der Waals surface area (Å²) in [5.41, 5.74) is 0.852. The summed E-state index contributed by atoms with van der Waals surface area (Å²) in [6, 6.07) is 7.42. The predicted octanol–water partition coefficient (Wildman–Crippen LogP) is 1.74. The summed E-state index contributed by atoms with van der Waals surface area (Å²) in [5, 5.41) is 8.59. The fourth-order valence-electron chi connectivity index (χ4n) is 1.17. The lowest BCUT2D eigenvalue weighted by atomic mass is 10.1. The minimum absolute atomic E-state index is 0.195. The largest absolute Gasteiger partial charge is 0.496 e. The third-order valence-corrected chi connectivity index (χ3v) is 1.87. The smallest absolute Gasteiger partial charge is 0.188 e. The molecule has 0 radical (unpaired) electrons. The van der Waals surface area contributed by atoms with Gasteiger partial charge in [-0.1, -0.05) is 6.07 Å². The van der Waals surface area contributed by atoms with Crippen LogP contribution in [0.3, 0.4) is 0 Å². The highest BCUT2D eigenvalue weighted by Crippen LogP contribution is 2.24. The van der Waals surface area contributed by atoms with Gasteiger partial charge in [-0.25, -0.2) is 0 Å². The first kappa shape index (κ1) is 11.3. The Morgan fingerprint density at radius 1 is 1.33 bits per heavy atom. The van der Waals surface area contributed by atoms with Gasteiger partial charge in [0.15, 0.2) is 6.79 Å². The zero-order valence-corrected chi connectivity index (χ0v) is 8.82. The summed E-state index contributed by atoms with van der Waals surface area (Å²) < 4.78 is 15.2. The maximum Gasteiger partial charge on any atom is 0.188 e. The van der Waals surface area contributed by atoms with E-state index in [1.165, 1.54) is 0 Å². The van der Waals surface area contributed by atoms with E-state index in [0.29, 0.717) is 17.9 Å². The van der Waals surface area contributed by atoms with Crippen LogP contribution in [0.25, 0.3) is 0 Å². The Balaban J connectivity index is 2.83. The van der Waals surface area contributed by atoms with Gasteiger partial charge in [-0.2, -0.15) is 5.26 Å². The zero-order valence-electron chi connectivity index (χ0n) is 8.82. The Morgan fingerprint density at radius 3 is 2.73 bits per heavy atom. The highest BCUT2D eigenvalue weighted by atomic mass is 16.7. The quantitative estimate of drug-likeness (QED) is 0.690. The number of nitrogens with zero attached hydrogens (tertiary/aromatic N) is 1. The highest BCUT2D eigenvalue weighted by Gasteiger charge is 2.04. The molecule has 80 valence electrons. The zero-order chi connectivity index (χ0) is 11.1. The topological polar surface area (TPSA) is 51.5 Å². The van der Waals surface area contributed by atoms with E-state index < -0.39 is 0 Å². The molecule has 0 spiro atoms. The second-order valence-electron chi connectivity index (χ2n) is 2.86. The standard InChI is InChI=1S/C11H13NO3/c1-13-8-15-10-4-3-9(5-6-12)11(7-10)14-2/h3-4,7H,5,8H2,1-2H3. The van der Waals surface area contributed by atoms with Gasteiger partial charge in [0.1, 0.15) is 11.5 Å². The number of nitriles is 1. The van der Waals surface area contributed by atoms with E-state index in [1.54, 1.807) is 26.4 Å². The SMILES string of the molecule is COCOc1ccc(CC#N)c(OC)c1. The fourth-order valence-corrected chi connectivity index (χ4v) is 1.17. The molecule has 0 saturated carbocycles. The van der Waals surface area contributed by atoms with Crippen LogP contribution in [0.2, 0.25) is 0 Å². The van der Waals surface area contributed by atoms with E-state index in [2.05, 4.69) is 6.07 Å². The van der Waals surface area contributed by atoms with Crippen molar-refractivity contribution in [2.75, 3.05) is 21.0 Å². The third-order valence-electron chi connectivity index (χ3n) is 1.87.